The summed E-state index contributed by atoms with van der Waals surface area (Å²) in [4.78, 5) is 21.5. The molecule has 1 aliphatic carbocycles. The van der Waals surface area contributed by atoms with E-state index in [1.54, 1.807) is 0 Å². The monoisotopic (exact) mass is 196 g/mol. The maximum atomic E-state index is 11.3. The maximum absolute atomic E-state index is 11.3. The number of hydrogen-bond donors (Lipinski definition) is 2. The van der Waals surface area contributed by atoms with Crippen LogP contribution < -0.4 is 0 Å². The molecule has 4 heteroatoms. The van der Waals surface area contributed by atoms with Gasteiger partial charge in [0.2, 0.25) is 5.76 Å². The van der Waals surface area contributed by atoms with E-state index in [2.05, 4.69) is 0 Å². The van der Waals surface area contributed by atoms with Crippen molar-refractivity contribution >= 4 is 11.8 Å². The van der Waals surface area contributed by atoms with E-state index in [-0.39, 0.29) is 5.78 Å². The van der Waals surface area contributed by atoms with Crippen molar-refractivity contribution < 1.29 is 19.8 Å². The molecule has 2 N–H and O–H groups in total. The number of Topliss-reactive ketones (excluding diaryl/α,β-unsaturated/α-hetero) is 1. The number of carboxylic acids is 1. The van der Waals surface area contributed by atoms with Gasteiger partial charge in [-0.1, -0.05) is 6.08 Å². The van der Waals surface area contributed by atoms with E-state index < -0.39 is 11.7 Å². The van der Waals surface area contributed by atoms with E-state index in [0.717, 1.165) is 18.9 Å². The van der Waals surface area contributed by atoms with Crippen LogP contribution in [0.1, 0.15) is 25.7 Å². The third kappa shape index (κ3) is 2.73. The molecule has 1 fully saturated rings. The van der Waals surface area contributed by atoms with Crippen molar-refractivity contribution in [3.8, 4) is 0 Å². The summed E-state index contributed by atoms with van der Waals surface area (Å²) in [5.41, 5.74) is 0.601. The van der Waals surface area contributed by atoms with Gasteiger partial charge < -0.3 is 10.2 Å². The van der Waals surface area contributed by atoms with Gasteiger partial charge in [0.25, 0.3) is 0 Å². The molecule has 0 heterocycles. The lowest BCUT2D eigenvalue weighted by atomic mass is 9.93. The lowest BCUT2D eigenvalue weighted by Crippen LogP contribution is -2.08. The molecule has 0 amide bonds. The first-order valence-electron chi connectivity index (χ1n) is 4.47. The molecule has 1 rings (SSSR count). The Balaban J connectivity index is 2.72. The lowest BCUT2D eigenvalue weighted by Gasteiger charge is -2.11. The fourth-order valence-corrected chi connectivity index (χ4v) is 1.33. The fraction of sp³-hybridized carbons (Fsp3) is 0.400. The number of rotatable bonds is 2. The summed E-state index contributed by atoms with van der Waals surface area (Å²) in [5, 5.41) is 17.2. The average molecular weight is 196 g/mol. The maximum Gasteiger partial charge on any atom is 0.370 e. The van der Waals surface area contributed by atoms with E-state index in [9.17, 15) is 9.59 Å². The summed E-state index contributed by atoms with van der Waals surface area (Å²) < 4.78 is 0. The standard InChI is InChI=1S/C10H12O4/c11-8-4-2-1-3-7(8)5-6-9(12)10(13)14/h5-6,12H,1-4H2,(H,13,14)/b7-5-,9-6+. The minimum atomic E-state index is -1.38. The summed E-state index contributed by atoms with van der Waals surface area (Å²) >= 11 is 0. The van der Waals surface area contributed by atoms with Crippen LogP contribution in [0.15, 0.2) is 23.5 Å². The highest BCUT2D eigenvalue weighted by Gasteiger charge is 2.14. The molecule has 1 aliphatic rings. The van der Waals surface area contributed by atoms with Gasteiger partial charge in [-0.15, -0.1) is 0 Å². The normalized spacial score (nSPS) is 21.3. The number of carbonyl (C=O) groups is 2. The molecule has 0 aromatic heterocycles. The first kappa shape index (κ1) is 10.5. The predicted molar refractivity (Wildman–Crippen MR) is 49.9 cm³/mol. The van der Waals surface area contributed by atoms with Crippen LogP contribution in [0.4, 0.5) is 0 Å². The Labute approximate surface area is 81.6 Å². The van der Waals surface area contributed by atoms with Crippen LogP contribution in [-0.4, -0.2) is 22.0 Å². The lowest BCUT2D eigenvalue weighted by molar-refractivity contribution is -0.135. The van der Waals surface area contributed by atoms with Crippen LogP contribution in [0.2, 0.25) is 0 Å². The van der Waals surface area contributed by atoms with Gasteiger partial charge in [-0.2, -0.15) is 0 Å². The molecule has 0 aliphatic heterocycles. The number of carbonyl (C=O) groups excluding carboxylic acids is 1. The Bertz CT molecular complexity index is 312. The van der Waals surface area contributed by atoms with E-state index in [1.165, 1.54) is 6.08 Å². The topological polar surface area (TPSA) is 74.6 Å². The van der Waals surface area contributed by atoms with Gasteiger partial charge in [0, 0.05) is 6.42 Å². The average Bonchev–Trinajstić information content (AvgIpc) is 2.16. The Hall–Kier alpha value is -1.58. The van der Waals surface area contributed by atoms with Crippen LogP contribution >= 0.6 is 0 Å². The fourth-order valence-electron chi connectivity index (χ4n) is 1.33. The van der Waals surface area contributed by atoms with Crippen molar-refractivity contribution in [3.05, 3.63) is 23.5 Å². The number of aliphatic hydroxyl groups excluding tert-OH is 1. The molecule has 4 nitrogen and oxygen atoms in total. The third-order valence-electron chi connectivity index (χ3n) is 2.12. The molecule has 0 bridgehead atoms. The summed E-state index contributed by atoms with van der Waals surface area (Å²) in [5.74, 6) is -2.08. The second-order valence-corrected chi connectivity index (χ2v) is 3.18. The van der Waals surface area contributed by atoms with E-state index in [4.69, 9.17) is 10.2 Å². The largest absolute Gasteiger partial charge is 0.502 e. The number of allylic oxidation sites excluding steroid dienone is 3. The molecule has 1 saturated carbocycles. The number of ketones is 1. The highest BCUT2D eigenvalue weighted by molar-refractivity contribution is 5.96. The van der Waals surface area contributed by atoms with Crippen molar-refractivity contribution in [1.29, 1.82) is 0 Å². The third-order valence-corrected chi connectivity index (χ3v) is 2.12. The first-order chi connectivity index (χ1) is 6.61. The Morgan fingerprint density at radius 2 is 1.86 bits per heavy atom. The molecule has 0 spiro atoms. The molecule has 0 aromatic rings. The minimum absolute atomic E-state index is 0.0469. The van der Waals surface area contributed by atoms with Crippen molar-refractivity contribution in [1.82, 2.24) is 0 Å². The molecule has 0 saturated heterocycles. The van der Waals surface area contributed by atoms with Crippen LogP contribution in [0.3, 0.4) is 0 Å². The van der Waals surface area contributed by atoms with Gasteiger partial charge >= 0.3 is 5.97 Å². The number of hydrogen-bond acceptors (Lipinski definition) is 3. The van der Waals surface area contributed by atoms with E-state index >= 15 is 0 Å². The molecular weight excluding hydrogens is 184 g/mol. The van der Waals surface area contributed by atoms with Crippen LogP contribution in [0.5, 0.6) is 0 Å². The molecule has 0 atom stereocenters. The van der Waals surface area contributed by atoms with Gasteiger partial charge in [0.05, 0.1) is 0 Å². The molecule has 14 heavy (non-hydrogen) atoms. The molecule has 0 aromatic carbocycles. The highest BCUT2D eigenvalue weighted by atomic mass is 16.4. The highest BCUT2D eigenvalue weighted by Crippen LogP contribution is 2.19. The number of aliphatic hydroxyl groups is 1. The van der Waals surface area contributed by atoms with Crippen molar-refractivity contribution in [2.24, 2.45) is 0 Å². The quantitative estimate of drug-likeness (QED) is 0.519. The minimum Gasteiger partial charge on any atom is -0.502 e. The molecule has 0 unspecified atom stereocenters. The molecule has 76 valence electrons. The number of aliphatic carboxylic acids is 1. The zero-order valence-corrected chi connectivity index (χ0v) is 7.69. The second-order valence-electron chi connectivity index (χ2n) is 3.18. The van der Waals surface area contributed by atoms with Crippen LogP contribution in [0, 0.1) is 0 Å². The van der Waals surface area contributed by atoms with Gasteiger partial charge in [-0.25, -0.2) is 4.79 Å². The van der Waals surface area contributed by atoms with Crippen molar-refractivity contribution in [2.45, 2.75) is 25.7 Å². The van der Waals surface area contributed by atoms with Gasteiger partial charge in [0.15, 0.2) is 5.78 Å². The van der Waals surface area contributed by atoms with Crippen molar-refractivity contribution in [2.75, 3.05) is 0 Å². The molecular formula is C10H12O4. The zero-order chi connectivity index (χ0) is 10.6. The summed E-state index contributed by atoms with van der Waals surface area (Å²) in [6, 6.07) is 0. The summed E-state index contributed by atoms with van der Waals surface area (Å²) in [7, 11) is 0. The van der Waals surface area contributed by atoms with Gasteiger partial charge in [-0.3, -0.25) is 4.79 Å². The first-order valence-corrected chi connectivity index (χ1v) is 4.47. The Morgan fingerprint density at radius 3 is 2.43 bits per heavy atom. The second kappa shape index (κ2) is 4.60. The van der Waals surface area contributed by atoms with Crippen molar-refractivity contribution in [3.63, 3.8) is 0 Å². The van der Waals surface area contributed by atoms with E-state index in [0.29, 0.717) is 18.4 Å². The SMILES string of the molecule is O=C1CCCC/C1=C/C=C(/O)C(=O)O. The molecule has 0 radical (unpaired) electrons. The number of carboxylic acid groups (broad SMARTS) is 1. The Morgan fingerprint density at radius 1 is 1.21 bits per heavy atom. The van der Waals surface area contributed by atoms with Crippen LogP contribution in [0.25, 0.3) is 0 Å². The predicted octanol–water partition coefficient (Wildman–Crippen LogP) is 1.58. The van der Waals surface area contributed by atoms with E-state index in [1.807, 2.05) is 0 Å². The Kier molecular flexibility index (Phi) is 3.45. The van der Waals surface area contributed by atoms with Gasteiger partial charge in [0.1, 0.15) is 0 Å². The smallest absolute Gasteiger partial charge is 0.370 e. The van der Waals surface area contributed by atoms with Gasteiger partial charge in [-0.05, 0) is 30.9 Å². The zero-order valence-electron chi connectivity index (χ0n) is 7.69. The summed E-state index contributed by atoms with van der Waals surface area (Å²) in [6.07, 6.45) is 5.48. The van der Waals surface area contributed by atoms with Crippen LogP contribution in [-0.2, 0) is 9.59 Å². The summed E-state index contributed by atoms with van der Waals surface area (Å²) in [6.45, 7) is 0.